The van der Waals surface area contributed by atoms with Crippen molar-refractivity contribution < 1.29 is 4.79 Å². The van der Waals surface area contributed by atoms with Crippen molar-refractivity contribution >= 4 is 23.7 Å². The number of nitrogens with zero attached hydrogens (tertiary/aromatic N) is 3. The van der Waals surface area contributed by atoms with Crippen LogP contribution in [0.2, 0.25) is 5.15 Å². The van der Waals surface area contributed by atoms with Gasteiger partial charge < -0.3 is 4.90 Å². The van der Waals surface area contributed by atoms with Crippen molar-refractivity contribution in [3.8, 4) is 0 Å². The van der Waals surface area contributed by atoms with Gasteiger partial charge in [-0.3, -0.25) is 4.79 Å². The minimum atomic E-state index is 0.200. The smallest absolute Gasteiger partial charge is 0.156 e. The van der Waals surface area contributed by atoms with Crippen molar-refractivity contribution in [2.75, 3.05) is 4.90 Å². The zero-order chi connectivity index (χ0) is 12.5. The van der Waals surface area contributed by atoms with Crippen LogP contribution in [0.5, 0.6) is 0 Å². The predicted octanol–water partition coefficient (Wildman–Crippen LogP) is 2.46. The van der Waals surface area contributed by atoms with Gasteiger partial charge in [0.2, 0.25) is 0 Å². The van der Waals surface area contributed by atoms with Crippen LogP contribution in [0.3, 0.4) is 0 Å². The molecule has 1 aromatic carbocycles. The molecule has 2 aromatic rings. The molecule has 1 aliphatic heterocycles. The van der Waals surface area contributed by atoms with Crippen LogP contribution >= 0.6 is 11.6 Å². The number of fused-ring (bicyclic) bond motifs is 1. The Hall–Kier alpha value is -1.94. The Morgan fingerprint density at radius 2 is 1.83 bits per heavy atom. The van der Waals surface area contributed by atoms with Gasteiger partial charge in [0.05, 0.1) is 5.56 Å². The Labute approximate surface area is 109 Å². The number of hydrogen-bond acceptors (Lipinski definition) is 4. The second kappa shape index (κ2) is 4.38. The van der Waals surface area contributed by atoms with Crippen LogP contribution in [0.15, 0.2) is 30.6 Å². The van der Waals surface area contributed by atoms with Gasteiger partial charge in [-0.15, -0.1) is 0 Å². The number of aldehydes is 1. The molecule has 0 saturated carbocycles. The number of benzene rings is 1. The lowest BCUT2D eigenvalue weighted by molar-refractivity contribution is 0.112. The topological polar surface area (TPSA) is 46.1 Å². The molecule has 0 bridgehead atoms. The molecule has 0 amide bonds. The zero-order valence-corrected chi connectivity index (χ0v) is 10.3. The molecule has 2 heterocycles. The van der Waals surface area contributed by atoms with E-state index >= 15 is 0 Å². The fourth-order valence-electron chi connectivity index (χ4n) is 2.20. The molecule has 5 heteroatoms. The van der Waals surface area contributed by atoms with Crippen LogP contribution in [-0.2, 0) is 13.1 Å². The Bertz CT molecular complexity index is 590. The van der Waals surface area contributed by atoms with Crippen molar-refractivity contribution in [3.63, 3.8) is 0 Å². The van der Waals surface area contributed by atoms with Crippen LogP contribution in [0.25, 0.3) is 0 Å². The fraction of sp³-hybridized carbons (Fsp3) is 0.154. The summed E-state index contributed by atoms with van der Waals surface area (Å²) in [4.78, 5) is 21.1. The molecule has 0 saturated heterocycles. The van der Waals surface area contributed by atoms with E-state index in [1.54, 1.807) is 0 Å². The fourth-order valence-corrected chi connectivity index (χ4v) is 2.37. The molecule has 4 nitrogen and oxygen atoms in total. The molecule has 0 fully saturated rings. The van der Waals surface area contributed by atoms with E-state index in [0.717, 1.165) is 13.1 Å². The highest BCUT2D eigenvalue weighted by molar-refractivity contribution is 6.32. The van der Waals surface area contributed by atoms with Crippen LogP contribution in [0.4, 0.5) is 5.82 Å². The lowest BCUT2D eigenvalue weighted by Crippen LogP contribution is -2.18. The molecule has 18 heavy (non-hydrogen) atoms. The molecule has 1 aromatic heterocycles. The summed E-state index contributed by atoms with van der Waals surface area (Å²) in [6.45, 7) is 1.48. The van der Waals surface area contributed by atoms with Crippen LogP contribution < -0.4 is 4.90 Å². The molecule has 0 unspecified atom stereocenters. The van der Waals surface area contributed by atoms with Gasteiger partial charge in [-0.1, -0.05) is 35.9 Å². The van der Waals surface area contributed by atoms with Crippen molar-refractivity contribution in [1.82, 2.24) is 9.97 Å². The van der Waals surface area contributed by atoms with Gasteiger partial charge in [0.1, 0.15) is 17.3 Å². The number of carbonyl (C=O) groups is 1. The Morgan fingerprint density at radius 3 is 2.44 bits per heavy atom. The molecule has 3 rings (SSSR count). The average molecular weight is 260 g/mol. The summed E-state index contributed by atoms with van der Waals surface area (Å²) in [6.07, 6.45) is 2.09. The first-order valence-corrected chi connectivity index (χ1v) is 5.95. The molecule has 0 radical (unpaired) electrons. The maximum absolute atomic E-state index is 11.1. The predicted molar refractivity (Wildman–Crippen MR) is 68.8 cm³/mol. The molecule has 0 N–H and O–H groups in total. The molecule has 1 aliphatic rings. The standard InChI is InChI=1S/C13H10ClN3O/c14-12-11(7-18)13(16-8-15-12)17-5-9-3-1-2-4-10(9)6-17/h1-4,7-8H,5-6H2. The van der Waals surface area contributed by atoms with Gasteiger partial charge in [-0.2, -0.15) is 0 Å². The van der Waals surface area contributed by atoms with E-state index in [1.807, 2.05) is 17.0 Å². The van der Waals surface area contributed by atoms with Crippen molar-refractivity contribution in [3.05, 3.63) is 52.4 Å². The highest BCUT2D eigenvalue weighted by atomic mass is 35.5. The SMILES string of the molecule is O=Cc1c(Cl)ncnc1N1Cc2ccccc2C1. The molecule has 0 atom stereocenters. The van der Waals surface area contributed by atoms with Gasteiger partial charge in [0, 0.05) is 13.1 Å². The molecular weight excluding hydrogens is 250 g/mol. The van der Waals surface area contributed by atoms with E-state index < -0.39 is 0 Å². The van der Waals surface area contributed by atoms with Crippen molar-refractivity contribution in [2.24, 2.45) is 0 Å². The normalized spacial score (nSPS) is 13.5. The summed E-state index contributed by atoms with van der Waals surface area (Å²) in [7, 11) is 0. The molecular formula is C13H10ClN3O. The number of carbonyl (C=O) groups excluding carboxylic acids is 1. The van der Waals surface area contributed by atoms with E-state index in [2.05, 4.69) is 22.1 Å². The third-order valence-electron chi connectivity index (χ3n) is 3.07. The summed E-state index contributed by atoms with van der Waals surface area (Å²) in [6, 6.07) is 8.18. The minimum absolute atomic E-state index is 0.200. The van der Waals surface area contributed by atoms with Gasteiger partial charge in [-0.05, 0) is 11.1 Å². The summed E-state index contributed by atoms with van der Waals surface area (Å²) in [5, 5.41) is 0.200. The second-order valence-corrected chi connectivity index (χ2v) is 4.50. The van der Waals surface area contributed by atoms with Crippen LogP contribution in [-0.4, -0.2) is 16.3 Å². The maximum Gasteiger partial charge on any atom is 0.156 e. The van der Waals surface area contributed by atoms with E-state index in [9.17, 15) is 4.79 Å². The second-order valence-electron chi connectivity index (χ2n) is 4.14. The highest BCUT2D eigenvalue weighted by Gasteiger charge is 2.23. The molecule has 0 aliphatic carbocycles. The number of hydrogen-bond donors (Lipinski definition) is 0. The third kappa shape index (κ3) is 1.75. The number of anilines is 1. The first-order chi connectivity index (χ1) is 8.79. The van der Waals surface area contributed by atoms with Crippen LogP contribution in [0.1, 0.15) is 21.5 Å². The van der Waals surface area contributed by atoms with Gasteiger partial charge in [0.25, 0.3) is 0 Å². The Balaban J connectivity index is 2.00. The lowest BCUT2D eigenvalue weighted by Gasteiger charge is -2.18. The van der Waals surface area contributed by atoms with E-state index in [1.165, 1.54) is 17.5 Å². The monoisotopic (exact) mass is 259 g/mol. The Kier molecular flexibility index (Phi) is 2.72. The molecule has 0 spiro atoms. The quantitative estimate of drug-likeness (QED) is 0.614. The number of rotatable bonds is 2. The van der Waals surface area contributed by atoms with Gasteiger partial charge >= 0.3 is 0 Å². The van der Waals surface area contributed by atoms with Crippen molar-refractivity contribution in [2.45, 2.75) is 13.1 Å². The number of aromatic nitrogens is 2. The number of halogens is 1. The van der Waals surface area contributed by atoms with Gasteiger partial charge in [0.15, 0.2) is 6.29 Å². The average Bonchev–Trinajstić information content (AvgIpc) is 2.82. The largest absolute Gasteiger partial charge is 0.347 e. The van der Waals surface area contributed by atoms with E-state index in [4.69, 9.17) is 11.6 Å². The lowest BCUT2D eigenvalue weighted by atomic mass is 10.1. The first-order valence-electron chi connectivity index (χ1n) is 5.57. The van der Waals surface area contributed by atoms with E-state index in [-0.39, 0.29) is 5.15 Å². The zero-order valence-electron chi connectivity index (χ0n) is 9.51. The first kappa shape index (κ1) is 11.2. The summed E-state index contributed by atoms with van der Waals surface area (Å²) in [5.41, 5.74) is 2.86. The summed E-state index contributed by atoms with van der Waals surface area (Å²) < 4.78 is 0. The summed E-state index contributed by atoms with van der Waals surface area (Å²) >= 11 is 5.91. The summed E-state index contributed by atoms with van der Waals surface area (Å²) in [5.74, 6) is 0.598. The van der Waals surface area contributed by atoms with Crippen molar-refractivity contribution in [1.29, 1.82) is 0 Å². The van der Waals surface area contributed by atoms with Gasteiger partial charge in [-0.25, -0.2) is 9.97 Å². The third-order valence-corrected chi connectivity index (χ3v) is 3.37. The highest BCUT2D eigenvalue weighted by Crippen LogP contribution is 2.30. The van der Waals surface area contributed by atoms with E-state index in [0.29, 0.717) is 17.7 Å². The minimum Gasteiger partial charge on any atom is -0.347 e. The molecule has 90 valence electrons. The Morgan fingerprint density at radius 1 is 1.17 bits per heavy atom. The van der Waals surface area contributed by atoms with Crippen LogP contribution in [0, 0.1) is 0 Å². The maximum atomic E-state index is 11.1.